The van der Waals surface area contributed by atoms with Crippen molar-refractivity contribution in [1.29, 1.82) is 0 Å². The van der Waals surface area contributed by atoms with E-state index >= 15 is 0 Å². The highest BCUT2D eigenvalue weighted by molar-refractivity contribution is 9.11. The highest BCUT2D eigenvalue weighted by Gasteiger charge is 2.12. The van der Waals surface area contributed by atoms with Crippen molar-refractivity contribution in [3.63, 3.8) is 0 Å². The molecule has 3 aromatic heterocycles. The summed E-state index contributed by atoms with van der Waals surface area (Å²) in [5.41, 5.74) is 9.10. The predicted octanol–water partition coefficient (Wildman–Crippen LogP) is 9.13. The van der Waals surface area contributed by atoms with E-state index in [2.05, 4.69) is 109 Å². The maximum atomic E-state index is 4.99. The second kappa shape index (κ2) is 10.8. The molecule has 0 unspecified atom stereocenters. The van der Waals surface area contributed by atoms with Gasteiger partial charge in [-0.3, -0.25) is 9.97 Å². The van der Waals surface area contributed by atoms with E-state index in [1.807, 2.05) is 48.9 Å². The molecule has 0 saturated heterocycles. The Morgan fingerprint density at radius 1 is 0.421 bits per heavy atom. The van der Waals surface area contributed by atoms with Gasteiger partial charge in [-0.1, -0.05) is 86.5 Å². The summed E-state index contributed by atoms with van der Waals surface area (Å²) in [5, 5.41) is 0. The molecule has 0 atom stereocenters. The van der Waals surface area contributed by atoms with Crippen LogP contribution in [0.4, 0.5) is 0 Å². The number of aromatic nitrogens is 4. The lowest BCUT2D eigenvalue weighted by Crippen LogP contribution is -1.96. The fraction of sp³-hybridized carbons (Fsp3) is 0. The predicted molar refractivity (Wildman–Crippen MR) is 160 cm³/mol. The second-order valence-corrected chi connectivity index (χ2v) is 10.6. The van der Waals surface area contributed by atoms with Crippen LogP contribution >= 0.6 is 31.9 Å². The Kier molecular flexibility index (Phi) is 6.90. The standard InChI is InChI=1S/C32H20Br2N4/c33-28-16-27(17-29(34)18-28)31-19-30(24-7-3-21(4-8-24)23-11-14-35-15-12-23)37-32(38-31)25-9-5-22(6-10-25)26-2-1-13-36-20-26/h1-20H. The molecule has 0 bridgehead atoms. The lowest BCUT2D eigenvalue weighted by Gasteiger charge is -2.11. The number of pyridine rings is 2. The van der Waals surface area contributed by atoms with Crippen molar-refractivity contribution in [2.75, 3.05) is 0 Å². The van der Waals surface area contributed by atoms with Gasteiger partial charge in [0.2, 0.25) is 0 Å². The molecular formula is C32H20Br2N4. The van der Waals surface area contributed by atoms with E-state index in [0.717, 1.165) is 59.3 Å². The molecule has 0 fully saturated rings. The molecule has 3 heterocycles. The Morgan fingerprint density at radius 2 is 0.974 bits per heavy atom. The highest BCUT2D eigenvalue weighted by Crippen LogP contribution is 2.32. The Hall–Kier alpha value is -4.00. The molecule has 0 aliphatic heterocycles. The van der Waals surface area contributed by atoms with Crippen LogP contribution in [0.2, 0.25) is 0 Å². The van der Waals surface area contributed by atoms with Crippen molar-refractivity contribution in [2.24, 2.45) is 0 Å². The molecule has 6 rings (SSSR count). The Balaban J connectivity index is 1.44. The monoisotopic (exact) mass is 618 g/mol. The van der Waals surface area contributed by atoms with Gasteiger partial charge in [0.05, 0.1) is 11.4 Å². The summed E-state index contributed by atoms with van der Waals surface area (Å²) in [5.74, 6) is 0.671. The topological polar surface area (TPSA) is 51.6 Å². The van der Waals surface area contributed by atoms with Gasteiger partial charge in [-0.05, 0) is 64.7 Å². The minimum absolute atomic E-state index is 0.671. The summed E-state index contributed by atoms with van der Waals surface area (Å²) in [4.78, 5) is 18.3. The van der Waals surface area contributed by atoms with Crippen LogP contribution in [0.25, 0.3) is 56.2 Å². The van der Waals surface area contributed by atoms with Crippen LogP contribution in [0, 0.1) is 0 Å². The summed E-state index contributed by atoms with van der Waals surface area (Å²) < 4.78 is 1.96. The molecule has 0 saturated carbocycles. The van der Waals surface area contributed by atoms with Crippen LogP contribution in [-0.2, 0) is 0 Å². The molecule has 4 nitrogen and oxygen atoms in total. The van der Waals surface area contributed by atoms with E-state index in [1.54, 1.807) is 6.20 Å². The fourth-order valence-corrected chi connectivity index (χ4v) is 5.59. The first-order chi connectivity index (χ1) is 18.6. The van der Waals surface area contributed by atoms with Crippen molar-refractivity contribution < 1.29 is 0 Å². The summed E-state index contributed by atoms with van der Waals surface area (Å²) in [6.45, 7) is 0. The van der Waals surface area contributed by atoms with Crippen LogP contribution < -0.4 is 0 Å². The van der Waals surface area contributed by atoms with Crippen molar-refractivity contribution in [1.82, 2.24) is 19.9 Å². The summed E-state index contributed by atoms with van der Waals surface area (Å²) >= 11 is 7.23. The van der Waals surface area contributed by atoms with Crippen molar-refractivity contribution in [3.05, 3.63) is 131 Å². The van der Waals surface area contributed by atoms with E-state index in [9.17, 15) is 0 Å². The fourth-order valence-electron chi connectivity index (χ4n) is 4.30. The number of halogens is 2. The molecule has 0 amide bonds. The number of nitrogens with zero attached hydrogens (tertiary/aromatic N) is 4. The Labute approximate surface area is 237 Å². The van der Waals surface area contributed by atoms with Crippen molar-refractivity contribution >= 4 is 31.9 Å². The van der Waals surface area contributed by atoms with Crippen LogP contribution in [0.3, 0.4) is 0 Å². The summed E-state index contributed by atoms with van der Waals surface area (Å²) in [7, 11) is 0. The summed E-state index contributed by atoms with van der Waals surface area (Å²) in [6.07, 6.45) is 7.26. The maximum absolute atomic E-state index is 4.99. The molecule has 0 aliphatic carbocycles. The van der Waals surface area contributed by atoms with E-state index < -0.39 is 0 Å². The molecule has 6 heteroatoms. The highest BCUT2D eigenvalue weighted by atomic mass is 79.9. The third-order valence-corrected chi connectivity index (χ3v) is 7.13. The van der Waals surface area contributed by atoms with Crippen LogP contribution in [-0.4, -0.2) is 19.9 Å². The number of rotatable bonds is 5. The average molecular weight is 620 g/mol. The van der Waals surface area contributed by atoms with Crippen LogP contribution in [0.1, 0.15) is 0 Å². The minimum Gasteiger partial charge on any atom is -0.265 e. The van der Waals surface area contributed by atoms with Gasteiger partial charge in [-0.25, -0.2) is 9.97 Å². The first-order valence-electron chi connectivity index (χ1n) is 12.0. The van der Waals surface area contributed by atoms with Crippen molar-refractivity contribution in [2.45, 2.75) is 0 Å². The van der Waals surface area contributed by atoms with E-state index in [4.69, 9.17) is 9.97 Å². The molecule has 0 aliphatic rings. The third kappa shape index (κ3) is 5.32. The lowest BCUT2D eigenvalue weighted by molar-refractivity contribution is 1.18. The maximum Gasteiger partial charge on any atom is 0.160 e. The molecule has 3 aromatic carbocycles. The van der Waals surface area contributed by atoms with E-state index in [-0.39, 0.29) is 0 Å². The minimum atomic E-state index is 0.671. The first-order valence-corrected chi connectivity index (χ1v) is 13.6. The Bertz CT molecular complexity index is 1580. The number of hydrogen-bond donors (Lipinski definition) is 0. The lowest BCUT2D eigenvalue weighted by atomic mass is 10.0. The zero-order valence-electron chi connectivity index (χ0n) is 20.1. The van der Waals surface area contributed by atoms with E-state index in [0.29, 0.717) is 5.82 Å². The van der Waals surface area contributed by atoms with E-state index in [1.165, 1.54) is 0 Å². The molecule has 0 N–H and O–H groups in total. The van der Waals surface area contributed by atoms with Gasteiger partial charge in [-0.2, -0.15) is 0 Å². The average Bonchev–Trinajstić information content (AvgIpc) is 2.97. The number of hydrogen-bond acceptors (Lipinski definition) is 4. The van der Waals surface area contributed by atoms with Gasteiger partial charge < -0.3 is 0 Å². The van der Waals surface area contributed by atoms with Gasteiger partial charge in [0.25, 0.3) is 0 Å². The van der Waals surface area contributed by atoms with Crippen LogP contribution in [0.5, 0.6) is 0 Å². The van der Waals surface area contributed by atoms with Gasteiger partial charge in [0.15, 0.2) is 5.82 Å². The second-order valence-electron chi connectivity index (χ2n) is 8.75. The van der Waals surface area contributed by atoms with Gasteiger partial charge >= 0.3 is 0 Å². The van der Waals surface area contributed by atoms with Gasteiger partial charge in [0, 0.05) is 50.4 Å². The SMILES string of the molecule is Brc1cc(Br)cc(-c2cc(-c3ccc(-c4ccncc4)cc3)nc(-c3ccc(-c4cccnc4)cc3)n2)c1. The quantitative estimate of drug-likeness (QED) is 0.193. The summed E-state index contributed by atoms with van der Waals surface area (Å²) in [6, 6.07) is 33.0. The molecule has 0 spiro atoms. The zero-order valence-corrected chi connectivity index (χ0v) is 23.3. The largest absolute Gasteiger partial charge is 0.265 e. The zero-order chi connectivity index (χ0) is 25.9. The molecular weight excluding hydrogens is 600 g/mol. The first kappa shape index (κ1) is 24.3. The van der Waals surface area contributed by atoms with Gasteiger partial charge in [-0.15, -0.1) is 0 Å². The Morgan fingerprint density at radius 3 is 1.61 bits per heavy atom. The molecule has 0 radical (unpaired) electrons. The third-order valence-electron chi connectivity index (χ3n) is 6.22. The smallest absolute Gasteiger partial charge is 0.160 e. The number of benzene rings is 3. The van der Waals surface area contributed by atoms with Crippen molar-refractivity contribution in [3.8, 4) is 56.2 Å². The normalized spacial score (nSPS) is 10.9. The molecule has 38 heavy (non-hydrogen) atoms. The molecule has 6 aromatic rings. The van der Waals surface area contributed by atoms with Gasteiger partial charge in [0.1, 0.15) is 0 Å². The van der Waals surface area contributed by atoms with Crippen LogP contribution in [0.15, 0.2) is 131 Å². The molecule has 182 valence electrons.